The van der Waals surface area contributed by atoms with Gasteiger partial charge in [-0.1, -0.05) is 26.0 Å². The summed E-state index contributed by atoms with van der Waals surface area (Å²) < 4.78 is 5.15. The summed E-state index contributed by atoms with van der Waals surface area (Å²) >= 11 is 0. The molecule has 0 spiro atoms. The summed E-state index contributed by atoms with van der Waals surface area (Å²) in [4.78, 5) is 26.0. The number of ether oxygens (including phenoxy) is 1. The first kappa shape index (κ1) is 23.3. The highest BCUT2D eigenvalue weighted by molar-refractivity contribution is 5.77. The van der Waals surface area contributed by atoms with Crippen LogP contribution in [-0.4, -0.2) is 63.4 Å². The van der Waals surface area contributed by atoms with Gasteiger partial charge in [-0.2, -0.15) is 0 Å². The first-order chi connectivity index (χ1) is 16.0. The lowest BCUT2D eigenvalue weighted by atomic mass is 9.95. The predicted molar refractivity (Wildman–Crippen MR) is 127 cm³/mol. The van der Waals surface area contributed by atoms with Gasteiger partial charge < -0.3 is 25.0 Å². The maximum atomic E-state index is 13.1. The minimum Gasteiger partial charge on any atom is -0.481 e. The lowest BCUT2D eigenvalue weighted by molar-refractivity contribution is 0.0526. The molecule has 8 heteroatoms. The van der Waals surface area contributed by atoms with E-state index < -0.39 is 5.72 Å². The van der Waals surface area contributed by atoms with Crippen LogP contribution in [0.4, 0.5) is 10.6 Å². The first-order valence-electron chi connectivity index (χ1n) is 12.0. The number of methoxy groups -OCH3 is 1. The van der Waals surface area contributed by atoms with E-state index in [-0.39, 0.29) is 12.1 Å². The summed E-state index contributed by atoms with van der Waals surface area (Å²) in [5.74, 6) is 1.37. The summed E-state index contributed by atoms with van der Waals surface area (Å²) in [7, 11) is 1.60. The summed E-state index contributed by atoms with van der Waals surface area (Å²) in [6, 6.07) is 8.12. The van der Waals surface area contributed by atoms with Gasteiger partial charge in [0.05, 0.1) is 13.2 Å². The van der Waals surface area contributed by atoms with Gasteiger partial charge >= 0.3 is 6.03 Å². The molecular weight excluding hydrogens is 418 g/mol. The van der Waals surface area contributed by atoms with Crippen molar-refractivity contribution in [3.63, 3.8) is 0 Å². The van der Waals surface area contributed by atoms with Crippen LogP contribution in [0.3, 0.4) is 0 Å². The van der Waals surface area contributed by atoms with Crippen LogP contribution in [0.5, 0.6) is 5.88 Å². The van der Waals surface area contributed by atoms with Crippen molar-refractivity contribution in [2.75, 3.05) is 32.1 Å². The van der Waals surface area contributed by atoms with E-state index in [0.29, 0.717) is 25.3 Å². The lowest BCUT2D eigenvalue weighted by Gasteiger charge is -2.34. The zero-order valence-electron chi connectivity index (χ0n) is 19.9. The second-order valence-corrected chi connectivity index (χ2v) is 8.94. The normalized spacial score (nSPS) is 21.0. The van der Waals surface area contributed by atoms with Crippen LogP contribution in [-0.2, 0) is 12.8 Å². The number of hydrogen-bond donors (Lipinski definition) is 2. The third kappa shape index (κ3) is 5.05. The number of aliphatic hydroxyl groups is 1. The fraction of sp³-hybridized carbons (Fsp3) is 0.560. The van der Waals surface area contributed by atoms with E-state index in [1.807, 2.05) is 28.9 Å². The Kier molecular flexibility index (Phi) is 7.02. The maximum Gasteiger partial charge on any atom is 0.320 e. The number of anilines is 1. The topological polar surface area (TPSA) is 90.8 Å². The number of carbonyl (C=O) groups is 1. The quantitative estimate of drug-likeness (QED) is 0.601. The van der Waals surface area contributed by atoms with Gasteiger partial charge in [0.25, 0.3) is 0 Å². The van der Waals surface area contributed by atoms with Gasteiger partial charge in [0.1, 0.15) is 11.5 Å². The second kappa shape index (κ2) is 9.95. The van der Waals surface area contributed by atoms with Gasteiger partial charge in [-0.3, -0.25) is 0 Å². The minimum atomic E-state index is -0.862. The number of aromatic nitrogens is 2. The molecule has 1 saturated heterocycles. The molecule has 0 bridgehead atoms. The molecule has 0 saturated carbocycles. The van der Waals surface area contributed by atoms with E-state index in [4.69, 9.17) is 9.72 Å². The molecule has 4 rings (SSSR count). The van der Waals surface area contributed by atoms with Crippen molar-refractivity contribution < 1.29 is 14.6 Å². The molecule has 2 amide bonds. The monoisotopic (exact) mass is 453 g/mol. The van der Waals surface area contributed by atoms with Crippen molar-refractivity contribution in [2.45, 2.75) is 64.1 Å². The highest BCUT2D eigenvalue weighted by Crippen LogP contribution is 2.31. The van der Waals surface area contributed by atoms with Crippen LogP contribution in [0.1, 0.15) is 62.4 Å². The maximum absolute atomic E-state index is 13.1. The summed E-state index contributed by atoms with van der Waals surface area (Å²) in [6.45, 7) is 6.24. The number of hydrogen-bond acceptors (Lipinski definition) is 6. The van der Waals surface area contributed by atoms with Crippen molar-refractivity contribution >= 4 is 11.8 Å². The first-order valence-corrected chi connectivity index (χ1v) is 12.0. The standard InChI is InChI=1S/C25H35N5O3/c1-4-21(19-9-11-22(33-3)26-17-19)30-16-15-29(24(30)31)14-6-7-20-10-8-18-12-13-25(32,5-2)28-23(18)27-20/h8-11,17,21,32H,4-7,12-16H2,1-3H3,(H,27,28). The highest BCUT2D eigenvalue weighted by atomic mass is 16.5. The molecule has 2 unspecified atom stereocenters. The number of fused-ring (bicyclic) bond motifs is 1. The molecule has 178 valence electrons. The van der Waals surface area contributed by atoms with E-state index in [9.17, 15) is 9.90 Å². The van der Waals surface area contributed by atoms with Crippen molar-refractivity contribution in [2.24, 2.45) is 0 Å². The van der Waals surface area contributed by atoms with Crippen molar-refractivity contribution in [3.8, 4) is 5.88 Å². The van der Waals surface area contributed by atoms with E-state index in [2.05, 4.69) is 29.4 Å². The number of nitrogens with one attached hydrogen (secondary N) is 1. The van der Waals surface area contributed by atoms with Crippen molar-refractivity contribution in [3.05, 3.63) is 47.3 Å². The number of aryl methyl sites for hydroxylation is 2. The van der Waals surface area contributed by atoms with E-state index in [1.54, 1.807) is 13.3 Å². The molecule has 8 nitrogen and oxygen atoms in total. The van der Waals surface area contributed by atoms with Crippen LogP contribution in [0, 0.1) is 0 Å². The average molecular weight is 454 g/mol. The molecule has 4 heterocycles. The van der Waals surface area contributed by atoms with Crippen molar-refractivity contribution in [1.29, 1.82) is 0 Å². The number of carbonyl (C=O) groups excluding carboxylic acids is 1. The number of urea groups is 1. The number of nitrogens with zero attached hydrogens (tertiary/aromatic N) is 4. The van der Waals surface area contributed by atoms with Gasteiger partial charge in [0.15, 0.2) is 0 Å². The molecule has 2 N–H and O–H groups in total. The van der Waals surface area contributed by atoms with Gasteiger partial charge in [-0.25, -0.2) is 14.8 Å². The smallest absolute Gasteiger partial charge is 0.320 e. The molecule has 2 aliphatic heterocycles. The fourth-order valence-electron chi connectivity index (χ4n) is 4.76. The van der Waals surface area contributed by atoms with Gasteiger partial charge in [-0.15, -0.1) is 0 Å². The Hall–Kier alpha value is -2.87. The Bertz CT molecular complexity index is 967. The van der Waals surface area contributed by atoms with E-state index in [1.165, 1.54) is 0 Å². The van der Waals surface area contributed by atoms with E-state index >= 15 is 0 Å². The second-order valence-electron chi connectivity index (χ2n) is 8.94. The van der Waals surface area contributed by atoms with Crippen LogP contribution < -0.4 is 10.1 Å². The van der Waals surface area contributed by atoms with Gasteiger partial charge in [0.2, 0.25) is 5.88 Å². The molecule has 0 aromatic carbocycles. The molecule has 2 aliphatic rings. The molecule has 0 aliphatic carbocycles. The third-order valence-electron chi connectivity index (χ3n) is 6.88. The van der Waals surface area contributed by atoms with Gasteiger partial charge in [0, 0.05) is 37.6 Å². The molecular formula is C25H35N5O3. The zero-order chi connectivity index (χ0) is 23.4. The summed E-state index contributed by atoms with van der Waals surface area (Å²) in [5.41, 5.74) is 2.31. The van der Waals surface area contributed by atoms with Crippen LogP contribution >= 0.6 is 0 Å². The summed E-state index contributed by atoms with van der Waals surface area (Å²) in [5, 5.41) is 13.8. The molecule has 1 fully saturated rings. The summed E-state index contributed by atoms with van der Waals surface area (Å²) in [6.07, 6.45) is 6.48. The largest absolute Gasteiger partial charge is 0.481 e. The Morgan fingerprint density at radius 1 is 1.24 bits per heavy atom. The minimum absolute atomic E-state index is 0.0200. The lowest BCUT2D eigenvalue weighted by Crippen LogP contribution is -2.41. The molecule has 2 aromatic rings. The Morgan fingerprint density at radius 3 is 2.79 bits per heavy atom. The molecule has 2 atom stereocenters. The number of pyridine rings is 2. The van der Waals surface area contributed by atoms with Crippen molar-refractivity contribution in [1.82, 2.24) is 19.8 Å². The SMILES string of the molecule is CCC(c1ccc(OC)nc1)N1CCN(CCCc2ccc3c(n2)NC(O)(CC)CC3)C1=O. The highest BCUT2D eigenvalue weighted by Gasteiger charge is 2.34. The van der Waals surface area contributed by atoms with Crippen LogP contribution in [0.2, 0.25) is 0 Å². The predicted octanol–water partition coefficient (Wildman–Crippen LogP) is 3.76. The molecule has 33 heavy (non-hydrogen) atoms. The average Bonchev–Trinajstić information content (AvgIpc) is 3.20. The van der Waals surface area contributed by atoms with Crippen LogP contribution in [0.15, 0.2) is 30.5 Å². The van der Waals surface area contributed by atoms with E-state index in [0.717, 1.165) is 61.4 Å². The third-order valence-corrected chi connectivity index (χ3v) is 6.88. The Balaban J connectivity index is 1.33. The number of amides is 2. The van der Waals surface area contributed by atoms with Gasteiger partial charge in [-0.05, 0) is 55.7 Å². The fourth-order valence-corrected chi connectivity index (χ4v) is 4.76. The Morgan fingerprint density at radius 2 is 2.09 bits per heavy atom. The van der Waals surface area contributed by atoms with Crippen LogP contribution in [0.25, 0.3) is 0 Å². The molecule has 2 aromatic heterocycles. The molecule has 0 radical (unpaired) electrons. The Labute approximate surface area is 196 Å². The number of rotatable bonds is 9. The zero-order valence-corrected chi connectivity index (χ0v) is 19.9.